The second-order valence-electron chi connectivity index (χ2n) is 7.83. The molecule has 8 heteroatoms. The number of hydrogen-bond donors (Lipinski definition) is 2. The van der Waals surface area contributed by atoms with E-state index in [1.54, 1.807) is 38.1 Å². The van der Waals surface area contributed by atoms with Crippen molar-refractivity contribution in [1.82, 2.24) is 4.72 Å². The summed E-state index contributed by atoms with van der Waals surface area (Å²) in [6.45, 7) is 3.66. The summed E-state index contributed by atoms with van der Waals surface area (Å²) in [4.78, 5) is 11.3. The molecule has 1 atom stereocenters. The largest absolute Gasteiger partial charge is 0.489 e. The standard InChI is InChI=1S/C25H24N2O5S/c1-17(2)24(25(28)29)27-33(30,31)23-13-9-21(10-14-23)20-7-11-22(12-8-20)32-16-19-5-3-18(15-26)4-6-19/h3-14,17,24,27H,16H2,1-2H3,(H,28,29)/t24-/m1/s1. The molecule has 0 aliphatic carbocycles. The molecule has 0 aliphatic rings. The maximum absolute atomic E-state index is 12.6. The lowest BCUT2D eigenvalue weighted by Crippen LogP contribution is -2.44. The first kappa shape index (κ1) is 24.0. The zero-order chi connectivity index (χ0) is 24.0. The number of nitriles is 1. The normalized spacial score (nSPS) is 12.2. The van der Waals surface area contributed by atoms with Gasteiger partial charge in [0, 0.05) is 0 Å². The van der Waals surface area contributed by atoms with E-state index < -0.39 is 28.0 Å². The van der Waals surface area contributed by atoms with Gasteiger partial charge in [0.25, 0.3) is 0 Å². The lowest BCUT2D eigenvalue weighted by molar-refractivity contribution is -0.140. The molecule has 3 aromatic carbocycles. The van der Waals surface area contributed by atoms with Gasteiger partial charge >= 0.3 is 5.97 Å². The SMILES string of the molecule is CC(C)[C@@H](NS(=O)(=O)c1ccc(-c2ccc(OCc3ccc(C#N)cc3)cc2)cc1)C(=O)O. The minimum Gasteiger partial charge on any atom is -0.489 e. The number of benzene rings is 3. The average Bonchev–Trinajstić information content (AvgIpc) is 2.81. The molecule has 0 aromatic heterocycles. The molecule has 0 fully saturated rings. The molecule has 3 rings (SSSR count). The number of carbonyl (C=O) groups is 1. The first-order chi connectivity index (χ1) is 15.7. The van der Waals surface area contributed by atoms with Gasteiger partial charge in [0.1, 0.15) is 18.4 Å². The van der Waals surface area contributed by atoms with Crippen molar-refractivity contribution < 1.29 is 23.1 Å². The van der Waals surface area contributed by atoms with Crippen molar-refractivity contribution in [2.75, 3.05) is 0 Å². The van der Waals surface area contributed by atoms with Crippen LogP contribution in [0.1, 0.15) is 25.0 Å². The molecular formula is C25H24N2O5S. The Balaban J connectivity index is 1.66. The van der Waals surface area contributed by atoms with E-state index in [1.807, 2.05) is 36.4 Å². The minimum atomic E-state index is -3.96. The van der Waals surface area contributed by atoms with Crippen LogP contribution in [0.5, 0.6) is 5.75 Å². The number of nitrogens with zero attached hydrogens (tertiary/aromatic N) is 1. The van der Waals surface area contributed by atoms with Crippen LogP contribution >= 0.6 is 0 Å². The molecule has 0 unspecified atom stereocenters. The van der Waals surface area contributed by atoms with Crippen LogP contribution in [0.3, 0.4) is 0 Å². The van der Waals surface area contributed by atoms with E-state index in [4.69, 9.17) is 10.00 Å². The third-order valence-corrected chi connectivity index (χ3v) is 6.51. The van der Waals surface area contributed by atoms with Crippen molar-refractivity contribution in [2.24, 2.45) is 5.92 Å². The van der Waals surface area contributed by atoms with Gasteiger partial charge < -0.3 is 9.84 Å². The molecule has 0 aliphatic heterocycles. The number of hydrogen-bond acceptors (Lipinski definition) is 5. The molecule has 170 valence electrons. The van der Waals surface area contributed by atoms with E-state index in [0.29, 0.717) is 17.9 Å². The lowest BCUT2D eigenvalue weighted by Gasteiger charge is -2.18. The van der Waals surface area contributed by atoms with Gasteiger partial charge in [-0.05, 0) is 59.0 Å². The van der Waals surface area contributed by atoms with Gasteiger partial charge in [0.15, 0.2) is 0 Å². The van der Waals surface area contributed by atoms with Crippen LogP contribution in [-0.4, -0.2) is 25.5 Å². The van der Waals surface area contributed by atoms with E-state index >= 15 is 0 Å². The Hall–Kier alpha value is -3.67. The third kappa shape index (κ3) is 6.19. The van der Waals surface area contributed by atoms with Gasteiger partial charge in [0.2, 0.25) is 10.0 Å². The number of aliphatic carboxylic acids is 1. The summed E-state index contributed by atoms with van der Waals surface area (Å²) >= 11 is 0. The molecule has 0 amide bonds. The molecule has 2 N–H and O–H groups in total. The molecule has 0 radical (unpaired) electrons. The zero-order valence-corrected chi connectivity index (χ0v) is 19.0. The van der Waals surface area contributed by atoms with Gasteiger partial charge in [-0.3, -0.25) is 4.79 Å². The topological polar surface area (TPSA) is 116 Å². The molecule has 0 saturated carbocycles. The lowest BCUT2D eigenvalue weighted by atomic mass is 10.1. The van der Waals surface area contributed by atoms with Gasteiger partial charge in [-0.25, -0.2) is 8.42 Å². The third-order valence-electron chi connectivity index (χ3n) is 5.06. The summed E-state index contributed by atoms with van der Waals surface area (Å²) in [6, 6.07) is 21.7. The van der Waals surface area contributed by atoms with Crippen LogP contribution in [0.2, 0.25) is 0 Å². The number of nitrogens with one attached hydrogen (secondary N) is 1. The van der Waals surface area contributed by atoms with Crippen LogP contribution in [-0.2, 0) is 21.4 Å². The van der Waals surface area contributed by atoms with Crippen molar-refractivity contribution in [1.29, 1.82) is 5.26 Å². The highest BCUT2D eigenvalue weighted by molar-refractivity contribution is 7.89. The molecule has 0 saturated heterocycles. The molecule has 0 heterocycles. The van der Waals surface area contributed by atoms with Gasteiger partial charge in [-0.2, -0.15) is 9.98 Å². The van der Waals surface area contributed by atoms with Gasteiger partial charge in [-0.15, -0.1) is 0 Å². The summed E-state index contributed by atoms with van der Waals surface area (Å²) in [5.74, 6) is -0.930. The fourth-order valence-corrected chi connectivity index (χ4v) is 4.46. The summed E-state index contributed by atoms with van der Waals surface area (Å²) in [7, 11) is -3.96. The predicted octanol–water partition coefficient (Wildman–Crippen LogP) is 4.19. The first-order valence-corrected chi connectivity index (χ1v) is 11.8. The number of sulfonamides is 1. The first-order valence-electron chi connectivity index (χ1n) is 10.3. The minimum absolute atomic E-state index is 0.000482. The zero-order valence-electron chi connectivity index (χ0n) is 18.2. The van der Waals surface area contributed by atoms with Crippen LogP contribution in [0, 0.1) is 17.2 Å². The Labute approximate surface area is 193 Å². The van der Waals surface area contributed by atoms with E-state index in [1.165, 1.54) is 12.1 Å². The van der Waals surface area contributed by atoms with Gasteiger partial charge in [0.05, 0.1) is 16.5 Å². The summed E-state index contributed by atoms with van der Waals surface area (Å²) in [6.07, 6.45) is 0. The summed E-state index contributed by atoms with van der Waals surface area (Å²) in [5, 5.41) is 18.1. The Morgan fingerprint density at radius 1 is 0.970 bits per heavy atom. The van der Waals surface area contributed by atoms with E-state index in [0.717, 1.165) is 16.7 Å². The fraction of sp³-hybridized carbons (Fsp3) is 0.200. The smallest absolute Gasteiger partial charge is 0.322 e. The monoisotopic (exact) mass is 464 g/mol. The van der Waals surface area contributed by atoms with Gasteiger partial charge in [-0.1, -0.05) is 50.2 Å². The second kappa shape index (κ2) is 10.3. The highest BCUT2D eigenvalue weighted by atomic mass is 32.2. The van der Waals surface area contributed by atoms with E-state index in [9.17, 15) is 18.3 Å². The Kier molecular flexibility index (Phi) is 7.48. The molecule has 33 heavy (non-hydrogen) atoms. The van der Waals surface area contributed by atoms with Crippen LogP contribution in [0.4, 0.5) is 0 Å². The number of rotatable bonds is 9. The van der Waals surface area contributed by atoms with Crippen molar-refractivity contribution >= 4 is 16.0 Å². The quantitative estimate of drug-likeness (QED) is 0.490. The Morgan fingerprint density at radius 2 is 1.52 bits per heavy atom. The van der Waals surface area contributed by atoms with Crippen molar-refractivity contribution in [3.63, 3.8) is 0 Å². The summed E-state index contributed by atoms with van der Waals surface area (Å²) in [5.41, 5.74) is 3.24. The van der Waals surface area contributed by atoms with Crippen molar-refractivity contribution in [3.05, 3.63) is 83.9 Å². The van der Waals surface area contributed by atoms with E-state index in [-0.39, 0.29) is 4.90 Å². The number of carboxylic acids is 1. The predicted molar refractivity (Wildman–Crippen MR) is 124 cm³/mol. The van der Waals surface area contributed by atoms with Crippen LogP contribution < -0.4 is 9.46 Å². The maximum atomic E-state index is 12.6. The van der Waals surface area contributed by atoms with E-state index in [2.05, 4.69) is 10.8 Å². The van der Waals surface area contributed by atoms with Crippen molar-refractivity contribution in [2.45, 2.75) is 31.4 Å². The fourth-order valence-electron chi connectivity index (χ4n) is 3.12. The van der Waals surface area contributed by atoms with Crippen LogP contribution in [0.25, 0.3) is 11.1 Å². The molecule has 7 nitrogen and oxygen atoms in total. The molecule has 0 spiro atoms. The molecule has 0 bridgehead atoms. The highest BCUT2D eigenvalue weighted by Crippen LogP contribution is 2.24. The molecule has 3 aromatic rings. The average molecular weight is 465 g/mol. The summed E-state index contributed by atoms with van der Waals surface area (Å²) < 4.78 is 33.2. The highest BCUT2D eigenvalue weighted by Gasteiger charge is 2.27. The Morgan fingerprint density at radius 3 is 2.00 bits per heavy atom. The maximum Gasteiger partial charge on any atom is 0.322 e. The van der Waals surface area contributed by atoms with Crippen LogP contribution in [0.15, 0.2) is 77.7 Å². The van der Waals surface area contributed by atoms with Crippen molar-refractivity contribution in [3.8, 4) is 22.9 Å². The second-order valence-corrected chi connectivity index (χ2v) is 9.54. The molecular weight excluding hydrogens is 440 g/mol. The number of carboxylic acid groups (broad SMARTS) is 1. The Bertz CT molecular complexity index is 1240. The number of ether oxygens (including phenoxy) is 1.